The van der Waals surface area contributed by atoms with E-state index < -0.39 is 18.5 Å². The summed E-state index contributed by atoms with van der Waals surface area (Å²) in [5.41, 5.74) is -0.794. The Morgan fingerprint density at radius 3 is 2.39 bits per heavy atom. The zero-order valence-corrected chi connectivity index (χ0v) is 10.5. The van der Waals surface area contributed by atoms with Crippen LogP contribution in [0.2, 0.25) is 0 Å². The Bertz CT molecular complexity index is 396. The van der Waals surface area contributed by atoms with E-state index in [4.69, 9.17) is 14.2 Å². The standard InChI is InChI=1S/C11H15BF3O3/c1-8(7-16-2)18-11-5-4-9(17-3)6-10(11)12(13,14)15/h4-6,8H,7H2,1-3H3/q-1. The number of ether oxygens (including phenoxy) is 3. The van der Waals surface area contributed by atoms with E-state index in [1.165, 1.54) is 26.4 Å². The molecule has 7 heteroatoms. The summed E-state index contributed by atoms with van der Waals surface area (Å²) in [6.07, 6.45) is -0.458. The van der Waals surface area contributed by atoms with E-state index in [2.05, 4.69) is 0 Å². The predicted octanol–water partition coefficient (Wildman–Crippen LogP) is 2.16. The summed E-state index contributed by atoms with van der Waals surface area (Å²) in [6.45, 7) is -3.29. The summed E-state index contributed by atoms with van der Waals surface area (Å²) < 4.78 is 53.5. The minimum atomic E-state index is -5.15. The average molecular weight is 263 g/mol. The lowest BCUT2D eigenvalue weighted by molar-refractivity contribution is 0.0925. The summed E-state index contributed by atoms with van der Waals surface area (Å²) in [5.74, 6) is -0.0520. The first-order valence-electron chi connectivity index (χ1n) is 5.42. The Hall–Kier alpha value is -1.37. The molecule has 0 saturated carbocycles. The average Bonchev–Trinajstić information content (AvgIpc) is 2.28. The largest absolute Gasteiger partial charge is 0.513 e. The Kier molecular flexibility index (Phi) is 4.89. The second-order valence-electron chi connectivity index (χ2n) is 3.86. The van der Waals surface area contributed by atoms with Gasteiger partial charge in [0.25, 0.3) is 0 Å². The lowest BCUT2D eigenvalue weighted by Gasteiger charge is -2.23. The number of hydrogen-bond donors (Lipinski definition) is 0. The van der Waals surface area contributed by atoms with Gasteiger partial charge in [-0.3, -0.25) is 0 Å². The first-order chi connectivity index (χ1) is 8.38. The van der Waals surface area contributed by atoms with Crippen molar-refractivity contribution >= 4 is 12.4 Å². The Morgan fingerprint density at radius 2 is 1.89 bits per heavy atom. The zero-order chi connectivity index (χ0) is 13.8. The number of hydrogen-bond acceptors (Lipinski definition) is 3. The van der Waals surface area contributed by atoms with Crippen LogP contribution < -0.4 is 14.9 Å². The van der Waals surface area contributed by atoms with Crippen molar-refractivity contribution in [3.8, 4) is 11.5 Å². The van der Waals surface area contributed by atoms with E-state index in [0.29, 0.717) is 0 Å². The van der Waals surface area contributed by atoms with Crippen LogP contribution in [0.4, 0.5) is 12.9 Å². The second-order valence-corrected chi connectivity index (χ2v) is 3.86. The molecule has 0 aromatic heterocycles. The monoisotopic (exact) mass is 263 g/mol. The summed E-state index contributed by atoms with van der Waals surface area (Å²) in [7, 11) is 2.78. The third-order valence-corrected chi connectivity index (χ3v) is 2.30. The molecule has 102 valence electrons. The summed E-state index contributed by atoms with van der Waals surface area (Å²) in [4.78, 5) is 0. The molecule has 0 spiro atoms. The number of benzene rings is 1. The zero-order valence-electron chi connectivity index (χ0n) is 10.5. The molecule has 0 amide bonds. The minimum absolute atomic E-state index is 0.149. The molecule has 1 unspecified atom stereocenters. The Balaban J connectivity index is 3.03. The molecule has 0 aliphatic rings. The van der Waals surface area contributed by atoms with Crippen molar-refractivity contribution in [2.75, 3.05) is 20.8 Å². The van der Waals surface area contributed by atoms with E-state index in [0.717, 1.165) is 6.07 Å². The van der Waals surface area contributed by atoms with E-state index in [1.54, 1.807) is 6.92 Å². The van der Waals surface area contributed by atoms with Crippen molar-refractivity contribution in [1.29, 1.82) is 0 Å². The second kappa shape index (κ2) is 5.99. The van der Waals surface area contributed by atoms with Crippen LogP contribution >= 0.6 is 0 Å². The molecule has 1 aromatic rings. The summed E-state index contributed by atoms with van der Waals surface area (Å²) in [6, 6.07) is 3.63. The summed E-state index contributed by atoms with van der Waals surface area (Å²) in [5, 5.41) is 0. The Morgan fingerprint density at radius 1 is 1.22 bits per heavy atom. The first kappa shape index (κ1) is 14.7. The lowest BCUT2D eigenvalue weighted by atomic mass is 9.79. The molecular weight excluding hydrogens is 248 g/mol. The van der Waals surface area contributed by atoms with E-state index in [9.17, 15) is 12.9 Å². The van der Waals surface area contributed by atoms with Crippen LogP contribution in [0.1, 0.15) is 6.92 Å². The first-order valence-corrected chi connectivity index (χ1v) is 5.42. The highest BCUT2D eigenvalue weighted by Crippen LogP contribution is 2.23. The molecule has 3 nitrogen and oxygen atoms in total. The molecular formula is C11H15BF3O3-. The molecule has 1 rings (SSSR count). The topological polar surface area (TPSA) is 27.7 Å². The maximum Gasteiger partial charge on any atom is 0.513 e. The molecule has 0 N–H and O–H groups in total. The smallest absolute Gasteiger partial charge is 0.497 e. The molecule has 0 fully saturated rings. The fourth-order valence-electron chi connectivity index (χ4n) is 1.50. The fourth-order valence-corrected chi connectivity index (χ4v) is 1.50. The molecule has 0 radical (unpaired) electrons. The maximum absolute atomic E-state index is 12.9. The number of halogens is 3. The Labute approximate surface area is 104 Å². The molecule has 0 saturated heterocycles. The van der Waals surface area contributed by atoms with Gasteiger partial charge in [-0.15, -0.1) is 0 Å². The van der Waals surface area contributed by atoms with Crippen molar-refractivity contribution < 1.29 is 27.2 Å². The fraction of sp³-hybridized carbons (Fsp3) is 0.455. The van der Waals surface area contributed by atoms with Crippen molar-refractivity contribution in [3.05, 3.63) is 18.2 Å². The van der Waals surface area contributed by atoms with Gasteiger partial charge in [-0.2, -0.15) is 0 Å². The van der Waals surface area contributed by atoms with Crippen LogP contribution in [-0.2, 0) is 4.74 Å². The van der Waals surface area contributed by atoms with Crippen LogP contribution in [0.3, 0.4) is 0 Å². The SMILES string of the molecule is COCC(C)Oc1ccc(OC)cc1[B-](F)(F)F. The van der Waals surface area contributed by atoms with Gasteiger partial charge in [0.05, 0.1) is 19.5 Å². The predicted molar refractivity (Wildman–Crippen MR) is 63.7 cm³/mol. The lowest BCUT2D eigenvalue weighted by Crippen LogP contribution is -2.36. The van der Waals surface area contributed by atoms with Gasteiger partial charge < -0.3 is 27.2 Å². The van der Waals surface area contributed by atoms with Crippen LogP contribution in [0.25, 0.3) is 0 Å². The van der Waals surface area contributed by atoms with Crippen molar-refractivity contribution in [3.63, 3.8) is 0 Å². The number of rotatable bonds is 6. The molecule has 0 aliphatic carbocycles. The van der Waals surface area contributed by atoms with Crippen LogP contribution in [0.5, 0.6) is 11.5 Å². The number of methoxy groups -OCH3 is 2. The van der Waals surface area contributed by atoms with Crippen LogP contribution in [0.15, 0.2) is 18.2 Å². The summed E-state index contributed by atoms with van der Waals surface area (Å²) >= 11 is 0. The third-order valence-electron chi connectivity index (χ3n) is 2.30. The van der Waals surface area contributed by atoms with Crippen LogP contribution in [-0.4, -0.2) is 33.9 Å². The highest BCUT2D eigenvalue weighted by molar-refractivity contribution is 6.74. The molecule has 0 aliphatic heterocycles. The molecule has 0 bridgehead atoms. The van der Waals surface area contributed by atoms with Crippen LogP contribution in [0, 0.1) is 0 Å². The van der Waals surface area contributed by atoms with Gasteiger partial charge in [-0.25, -0.2) is 0 Å². The molecule has 1 atom stereocenters. The molecule has 1 aromatic carbocycles. The third kappa shape index (κ3) is 3.84. The van der Waals surface area contributed by atoms with Crippen molar-refractivity contribution in [2.24, 2.45) is 0 Å². The molecule has 18 heavy (non-hydrogen) atoms. The van der Waals surface area contributed by atoms with Gasteiger partial charge in [0.15, 0.2) is 0 Å². The van der Waals surface area contributed by atoms with Crippen molar-refractivity contribution in [2.45, 2.75) is 13.0 Å². The normalized spacial score (nSPS) is 13.2. The minimum Gasteiger partial charge on any atom is -0.497 e. The van der Waals surface area contributed by atoms with Gasteiger partial charge in [-0.1, -0.05) is 5.46 Å². The van der Waals surface area contributed by atoms with Crippen molar-refractivity contribution in [1.82, 2.24) is 0 Å². The van der Waals surface area contributed by atoms with E-state index in [-0.39, 0.29) is 18.1 Å². The maximum atomic E-state index is 12.9. The highest BCUT2D eigenvalue weighted by Gasteiger charge is 2.30. The molecule has 0 heterocycles. The van der Waals surface area contributed by atoms with Gasteiger partial charge >= 0.3 is 6.98 Å². The van der Waals surface area contributed by atoms with Gasteiger partial charge in [-0.05, 0) is 25.1 Å². The van der Waals surface area contributed by atoms with Gasteiger partial charge in [0, 0.05) is 7.11 Å². The quantitative estimate of drug-likeness (QED) is 0.736. The highest BCUT2D eigenvalue weighted by atomic mass is 19.4. The van der Waals surface area contributed by atoms with Gasteiger partial charge in [0.2, 0.25) is 0 Å². The van der Waals surface area contributed by atoms with E-state index in [1.807, 2.05) is 0 Å². The van der Waals surface area contributed by atoms with Gasteiger partial charge in [0.1, 0.15) is 11.9 Å². The van der Waals surface area contributed by atoms with E-state index >= 15 is 0 Å².